The minimum absolute atomic E-state index is 0.297. The van der Waals surface area contributed by atoms with E-state index >= 15 is 0 Å². The predicted molar refractivity (Wildman–Crippen MR) is 84.5 cm³/mol. The first-order chi connectivity index (χ1) is 9.85. The molecule has 2 aromatic carbocycles. The molecule has 0 spiro atoms. The van der Waals surface area contributed by atoms with Gasteiger partial charge in [0.25, 0.3) is 0 Å². The molecule has 2 aromatic rings. The van der Waals surface area contributed by atoms with Crippen LogP contribution in [0.4, 0.5) is 0 Å². The molecule has 2 nitrogen and oxygen atoms in total. The van der Waals surface area contributed by atoms with Crippen LogP contribution in [0.15, 0.2) is 53.4 Å². The van der Waals surface area contributed by atoms with Crippen LogP contribution in [0.25, 0.3) is 0 Å². The fourth-order valence-corrected chi connectivity index (χ4v) is 3.46. The average molecular weight is 285 g/mol. The zero-order valence-corrected chi connectivity index (χ0v) is 12.5. The van der Waals surface area contributed by atoms with Gasteiger partial charge in [-0.15, -0.1) is 11.8 Å². The maximum Gasteiger partial charge on any atom is 0.123 e. The van der Waals surface area contributed by atoms with E-state index < -0.39 is 0 Å². The molecule has 1 atom stereocenters. The Morgan fingerprint density at radius 3 is 2.95 bits per heavy atom. The van der Waals surface area contributed by atoms with Crippen LogP contribution >= 0.6 is 11.8 Å². The summed E-state index contributed by atoms with van der Waals surface area (Å²) < 4.78 is 5.97. The molecule has 1 heterocycles. The van der Waals surface area contributed by atoms with Crippen molar-refractivity contribution in [3.05, 3.63) is 59.7 Å². The smallest absolute Gasteiger partial charge is 0.123 e. The molecule has 3 heteroatoms. The summed E-state index contributed by atoms with van der Waals surface area (Å²) in [6, 6.07) is 17.0. The number of hydrogen-bond acceptors (Lipinski definition) is 3. The van der Waals surface area contributed by atoms with Gasteiger partial charge in [0.2, 0.25) is 0 Å². The van der Waals surface area contributed by atoms with E-state index in [2.05, 4.69) is 47.8 Å². The van der Waals surface area contributed by atoms with Crippen LogP contribution in [-0.4, -0.2) is 18.9 Å². The van der Waals surface area contributed by atoms with Gasteiger partial charge in [-0.25, -0.2) is 0 Å². The van der Waals surface area contributed by atoms with E-state index in [1.807, 2.05) is 24.9 Å². The van der Waals surface area contributed by atoms with Crippen molar-refractivity contribution in [2.75, 3.05) is 12.8 Å². The van der Waals surface area contributed by atoms with Crippen molar-refractivity contribution in [2.45, 2.75) is 24.0 Å². The molecule has 0 radical (unpaired) electrons. The highest BCUT2D eigenvalue weighted by Gasteiger charge is 2.22. The van der Waals surface area contributed by atoms with E-state index in [0.29, 0.717) is 6.10 Å². The molecule has 0 saturated carbocycles. The molecule has 20 heavy (non-hydrogen) atoms. The topological polar surface area (TPSA) is 21.3 Å². The molecule has 1 N–H and O–H groups in total. The first-order valence-electron chi connectivity index (χ1n) is 6.96. The Morgan fingerprint density at radius 1 is 1.20 bits per heavy atom. The summed E-state index contributed by atoms with van der Waals surface area (Å²) in [5.74, 6) is 2.06. The average Bonchev–Trinajstić information content (AvgIpc) is 2.89. The number of rotatable bonds is 5. The largest absolute Gasteiger partial charge is 0.489 e. The zero-order chi connectivity index (χ0) is 13.8. The summed E-state index contributed by atoms with van der Waals surface area (Å²) in [6.45, 7) is 0.916. The van der Waals surface area contributed by atoms with Gasteiger partial charge in [0, 0.05) is 23.6 Å². The molecule has 1 aliphatic heterocycles. The maximum atomic E-state index is 5.97. The third-order valence-electron chi connectivity index (χ3n) is 3.43. The van der Waals surface area contributed by atoms with E-state index in [0.717, 1.165) is 24.5 Å². The number of nitrogens with one attached hydrogen (secondary N) is 1. The Morgan fingerprint density at radius 2 is 2.10 bits per heavy atom. The monoisotopic (exact) mass is 285 g/mol. The van der Waals surface area contributed by atoms with E-state index in [1.54, 1.807) is 0 Å². The molecular weight excluding hydrogens is 266 g/mol. The predicted octanol–water partition coefficient (Wildman–Crippen LogP) is 3.50. The third kappa shape index (κ3) is 3.17. The fourth-order valence-electron chi connectivity index (χ4n) is 2.49. The van der Waals surface area contributed by atoms with E-state index in [-0.39, 0.29) is 0 Å². The summed E-state index contributed by atoms with van der Waals surface area (Å²) in [5.41, 5.74) is 2.66. The Labute approximate surface area is 124 Å². The highest BCUT2D eigenvalue weighted by atomic mass is 32.2. The van der Waals surface area contributed by atoms with Gasteiger partial charge in [-0.3, -0.25) is 0 Å². The van der Waals surface area contributed by atoms with Crippen molar-refractivity contribution in [3.8, 4) is 5.75 Å². The highest BCUT2D eigenvalue weighted by Crippen LogP contribution is 2.31. The van der Waals surface area contributed by atoms with Gasteiger partial charge >= 0.3 is 0 Å². The van der Waals surface area contributed by atoms with Crippen LogP contribution in [0.2, 0.25) is 0 Å². The number of para-hydroxylation sites is 1. The van der Waals surface area contributed by atoms with Crippen molar-refractivity contribution in [3.63, 3.8) is 0 Å². The van der Waals surface area contributed by atoms with Crippen molar-refractivity contribution < 1.29 is 4.74 Å². The lowest BCUT2D eigenvalue weighted by molar-refractivity contribution is 0.259. The molecule has 0 saturated heterocycles. The highest BCUT2D eigenvalue weighted by molar-refractivity contribution is 7.99. The lowest BCUT2D eigenvalue weighted by atomic mass is 10.1. The van der Waals surface area contributed by atoms with Crippen LogP contribution in [0.3, 0.4) is 0 Å². The van der Waals surface area contributed by atoms with Gasteiger partial charge < -0.3 is 10.1 Å². The minimum Gasteiger partial charge on any atom is -0.489 e. The van der Waals surface area contributed by atoms with E-state index in [1.165, 1.54) is 16.0 Å². The molecule has 0 aliphatic carbocycles. The Balaban J connectivity index is 1.57. The number of benzene rings is 2. The lowest BCUT2D eigenvalue weighted by Gasteiger charge is -2.10. The van der Waals surface area contributed by atoms with Gasteiger partial charge in [-0.2, -0.15) is 0 Å². The second-order valence-electron chi connectivity index (χ2n) is 5.04. The van der Waals surface area contributed by atoms with Gasteiger partial charge in [0.15, 0.2) is 0 Å². The third-order valence-corrected chi connectivity index (χ3v) is 4.55. The quantitative estimate of drug-likeness (QED) is 0.850. The van der Waals surface area contributed by atoms with Gasteiger partial charge in [0.1, 0.15) is 11.9 Å². The van der Waals surface area contributed by atoms with Crippen LogP contribution < -0.4 is 10.1 Å². The van der Waals surface area contributed by atoms with Crippen LogP contribution in [0, 0.1) is 0 Å². The van der Waals surface area contributed by atoms with E-state index in [9.17, 15) is 0 Å². The number of ether oxygens (including phenoxy) is 1. The fraction of sp³-hybridized carbons (Fsp3) is 0.294. The van der Waals surface area contributed by atoms with Crippen molar-refractivity contribution in [1.82, 2.24) is 5.32 Å². The Bertz CT molecular complexity index is 560. The Hall–Kier alpha value is -1.45. The Kier molecular flexibility index (Phi) is 4.28. The summed E-state index contributed by atoms with van der Waals surface area (Å²) >= 11 is 1.88. The first kappa shape index (κ1) is 13.5. The molecule has 0 fully saturated rings. The zero-order valence-electron chi connectivity index (χ0n) is 11.6. The summed E-state index contributed by atoms with van der Waals surface area (Å²) in [7, 11) is 1.98. The normalized spacial score (nSPS) is 16.8. The number of fused-ring (bicyclic) bond motifs is 1. The summed E-state index contributed by atoms with van der Waals surface area (Å²) in [4.78, 5) is 1.32. The molecule has 1 unspecified atom stereocenters. The molecular formula is C17H19NOS. The maximum absolute atomic E-state index is 5.97. The molecule has 104 valence electrons. The second-order valence-corrected chi connectivity index (χ2v) is 6.13. The standard InChI is InChI=1S/C17H19NOS/c1-18-11-13-5-4-7-16(9-13)20-12-15-10-14-6-2-3-8-17(14)19-15/h2-9,15,18H,10-12H2,1H3. The number of thioether (sulfide) groups is 1. The molecule has 0 amide bonds. The van der Waals surface area contributed by atoms with Crippen LogP contribution in [-0.2, 0) is 13.0 Å². The molecule has 3 rings (SSSR count). The SMILES string of the molecule is CNCc1cccc(SCC2Cc3ccccc3O2)c1. The summed E-state index contributed by atoms with van der Waals surface area (Å²) in [5, 5.41) is 3.19. The van der Waals surface area contributed by atoms with Gasteiger partial charge in [-0.1, -0.05) is 30.3 Å². The van der Waals surface area contributed by atoms with Crippen molar-refractivity contribution in [2.24, 2.45) is 0 Å². The van der Waals surface area contributed by atoms with Crippen molar-refractivity contribution >= 4 is 11.8 Å². The summed E-state index contributed by atoms with van der Waals surface area (Å²) in [6.07, 6.45) is 1.32. The van der Waals surface area contributed by atoms with Gasteiger partial charge in [0.05, 0.1) is 0 Å². The second kappa shape index (κ2) is 6.33. The molecule has 0 bridgehead atoms. The first-order valence-corrected chi connectivity index (χ1v) is 7.94. The lowest BCUT2D eigenvalue weighted by Crippen LogP contribution is -2.15. The van der Waals surface area contributed by atoms with Gasteiger partial charge in [-0.05, 0) is 36.4 Å². The minimum atomic E-state index is 0.297. The van der Waals surface area contributed by atoms with Crippen LogP contribution in [0.1, 0.15) is 11.1 Å². The molecule has 0 aromatic heterocycles. The van der Waals surface area contributed by atoms with Crippen molar-refractivity contribution in [1.29, 1.82) is 0 Å². The molecule has 1 aliphatic rings. The van der Waals surface area contributed by atoms with Crippen LogP contribution in [0.5, 0.6) is 5.75 Å². The number of hydrogen-bond donors (Lipinski definition) is 1. The van der Waals surface area contributed by atoms with E-state index in [4.69, 9.17) is 4.74 Å².